The van der Waals surface area contributed by atoms with Crippen LogP contribution >= 0.6 is 12.4 Å². The van der Waals surface area contributed by atoms with E-state index in [1.807, 2.05) is 30.3 Å². The summed E-state index contributed by atoms with van der Waals surface area (Å²) < 4.78 is 5.55. The lowest BCUT2D eigenvalue weighted by molar-refractivity contribution is -0.127. The monoisotopic (exact) mass is 270 g/mol. The summed E-state index contributed by atoms with van der Waals surface area (Å²) in [6.07, 6.45) is 0.530. The lowest BCUT2D eigenvalue weighted by Crippen LogP contribution is -2.43. The van der Waals surface area contributed by atoms with Crippen molar-refractivity contribution in [1.82, 2.24) is 10.6 Å². The molecule has 4 nitrogen and oxygen atoms in total. The minimum absolute atomic E-state index is 0. The van der Waals surface area contributed by atoms with Crippen LogP contribution in [-0.4, -0.2) is 31.1 Å². The molecule has 2 rings (SSSR count). The topological polar surface area (TPSA) is 50.4 Å². The van der Waals surface area contributed by atoms with Gasteiger partial charge < -0.3 is 15.4 Å². The molecule has 0 bridgehead atoms. The number of carbonyl (C=O) groups is 1. The zero-order chi connectivity index (χ0) is 12.1. The van der Waals surface area contributed by atoms with Gasteiger partial charge in [-0.25, -0.2) is 0 Å². The van der Waals surface area contributed by atoms with Crippen molar-refractivity contribution in [2.24, 2.45) is 0 Å². The van der Waals surface area contributed by atoms with Crippen LogP contribution in [0.4, 0.5) is 0 Å². The Balaban J connectivity index is 0.00000162. The van der Waals surface area contributed by atoms with Crippen molar-refractivity contribution >= 4 is 18.3 Å². The molecular weight excluding hydrogens is 252 g/mol. The van der Waals surface area contributed by atoms with Crippen LogP contribution in [0.3, 0.4) is 0 Å². The number of hydrogen-bond acceptors (Lipinski definition) is 3. The average Bonchev–Trinajstić information content (AvgIpc) is 2.83. The van der Waals surface area contributed by atoms with Crippen LogP contribution in [0.15, 0.2) is 30.3 Å². The average molecular weight is 271 g/mol. The Morgan fingerprint density at radius 3 is 2.78 bits per heavy atom. The van der Waals surface area contributed by atoms with E-state index in [4.69, 9.17) is 4.74 Å². The fourth-order valence-corrected chi connectivity index (χ4v) is 1.85. The van der Waals surface area contributed by atoms with Crippen molar-refractivity contribution < 1.29 is 9.53 Å². The number of benzene rings is 1. The molecule has 0 radical (unpaired) electrons. The van der Waals surface area contributed by atoms with Gasteiger partial charge >= 0.3 is 0 Å². The van der Waals surface area contributed by atoms with Crippen molar-refractivity contribution in [3.8, 4) is 5.75 Å². The quantitative estimate of drug-likeness (QED) is 0.869. The number of ether oxygens (including phenoxy) is 1. The van der Waals surface area contributed by atoms with Gasteiger partial charge in [-0.3, -0.25) is 4.79 Å². The molecule has 100 valence electrons. The van der Waals surface area contributed by atoms with Crippen LogP contribution in [0, 0.1) is 0 Å². The Morgan fingerprint density at radius 1 is 1.44 bits per heavy atom. The second-order valence-electron chi connectivity index (χ2n) is 4.27. The van der Waals surface area contributed by atoms with Crippen LogP contribution in [0.5, 0.6) is 5.75 Å². The Labute approximate surface area is 114 Å². The number of para-hydroxylation sites is 1. The van der Waals surface area contributed by atoms with Gasteiger partial charge in [0, 0.05) is 12.6 Å². The molecule has 1 aliphatic rings. The van der Waals surface area contributed by atoms with Crippen LogP contribution in [0.1, 0.15) is 13.3 Å². The summed E-state index contributed by atoms with van der Waals surface area (Å²) in [5.41, 5.74) is 0. The molecule has 0 spiro atoms. The normalized spacial score (nSPS) is 19.7. The van der Waals surface area contributed by atoms with E-state index in [1.165, 1.54) is 0 Å². The lowest BCUT2D eigenvalue weighted by atomic mass is 10.2. The maximum Gasteiger partial charge on any atom is 0.261 e. The van der Waals surface area contributed by atoms with E-state index in [0.29, 0.717) is 0 Å². The third kappa shape index (κ3) is 4.20. The van der Waals surface area contributed by atoms with Gasteiger partial charge in [-0.1, -0.05) is 18.2 Å². The molecule has 2 N–H and O–H groups in total. The van der Waals surface area contributed by atoms with E-state index in [2.05, 4.69) is 10.6 Å². The summed E-state index contributed by atoms with van der Waals surface area (Å²) in [4.78, 5) is 11.8. The molecule has 1 amide bonds. The van der Waals surface area contributed by atoms with Crippen molar-refractivity contribution in [3.63, 3.8) is 0 Å². The molecule has 2 unspecified atom stereocenters. The second-order valence-corrected chi connectivity index (χ2v) is 4.27. The van der Waals surface area contributed by atoms with E-state index in [1.54, 1.807) is 6.92 Å². The summed E-state index contributed by atoms with van der Waals surface area (Å²) in [6, 6.07) is 9.63. The van der Waals surface area contributed by atoms with E-state index in [0.717, 1.165) is 25.3 Å². The molecule has 1 aliphatic heterocycles. The van der Waals surface area contributed by atoms with Gasteiger partial charge in [-0.15, -0.1) is 12.4 Å². The van der Waals surface area contributed by atoms with Gasteiger partial charge in [-0.05, 0) is 32.0 Å². The van der Waals surface area contributed by atoms with Crippen LogP contribution < -0.4 is 15.4 Å². The summed E-state index contributed by atoms with van der Waals surface area (Å²) >= 11 is 0. The molecule has 0 aromatic heterocycles. The first-order valence-electron chi connectivity index (χ1n) is 5.98. The van der Waals surface area contributed by atoms with Gasteiger partial charge in [-0.2, -0.15) is 0 Å². The maximum atomic E-state index is 11.8. The van der Waals surface area contributed by atoms with E-state index in [-0.39, 0.29) is 24.4 Å². The Kier molecular flexibility index (Phi) is 5.95. The van der Waals surface area contributed by atoms with E-state index >= 15 is 0 Å². The lowest BCUT2D eigenvalue weighted by Gasteiger charge is -2.17. The molecule has 18 heavy (non-hydrogen) atoms. The van der Waals surface area contributed by atoms with Crippen molar-refractivity contribution in [1.29, 1.82) is 0 Å². The first-order chi connectivity index (χ1) is 8.25. The molecular formula is C13H19ClN2O2. The van der Waals surface area contributed by atoms with E-state index < -0.39 is 6.10 Å². The zero-order valence-electron chi connectivity index (χ0n) is 10.4. The molecule has 5 heteroatoms. The third-order valence-corrected chi connectivity index (χ3v) is 2.83. The highest BCUT2D eigenvalue weighted by Gasteiger charge is 2.21. The fourth-order valence-electron chi connectivity index (χ4n) is 1.85. The Hall–Kier alpha value is -1.26. The number of nitrogens with one attached hydrogen (secondary N) is 2. The van der Waals surface area contributed by atoms with Crippen LogP contribution in [0.25, 0.3) is 0 Å². The zero-order valence-corrected chi connectivity index (χ0v) is 11.2. The third-order valence-electron chi connectivity index (χ3n) is 2.83. The summed E-state index contributed by atoms with van der Waals surface area (Å²) in [7, 11) is 0. The second kappa shape index (κ2) is 7.24. The van der Waals surface area contributed by atoms with Crippen molar-refractivity contribution in [2.75, 3.05) is 13.1 Å². The van der Waals surface area contributed by atoms with Gasteiger partial charge in [0.25, 0.3) is 5.91 Å². The van der Waals surface area contributed by atoms with Crippen LogP contribution in [0.2, 0.25) is 0 Å². The minimum atomic E-state index is -0.460. The van der Waals surface area contributed by atoms with Crippen molar-refractivity contribution in [2.45, 2.75) is 25.5 Å². The molecule has 1 fully saturated rings. The molecule has 0 saturated carbocycles. The molecule has 1 aromatic carbocycles. The van der Waals surface area contributed by atoms with Gasteiger partial charge in [0.1, 0.15) is 5.75 Å². The summed E-state index contributed by atoms with van der Waals surface area (Å²) in [6.45, 7) is 3.59. The molecule has 1 saturated heterocycles. The number of hydrogen-bond donors (Lipinski definition) is 2. The Bertz CT molecular complexity index is 367. The standard InChI is InChI=1S/C13H18N2O2.ClH/c1-10(17-12-5-3-2-4-6-12)13(16)15-11-7-8-14-9-11;/h2-6,10-11,14H,7-9H2,1H3,(H,15,16);1H. The smallest absolute Gasteiger partial charge is 0.261 e. The number of amides is 1. The predicted octanol–water partition coefficient (Wildman–Crippen LogP) is 1.35. The maximum absolute atomic E-state index is 11.8. The van der Waals surface area contributed by atoms with Gasteiger partial charge in [0.2, 0.25) is 0 Å². The van der Waals surface area contributed by atoms with Crippen molar-refractivity contribution in [3.05, 3.63) is 30.3 Å². The SMILES string of the molecule is CC(Oc1ccccc1)C(=O)NC1CCNC1.Cl. The molecule has 1 heterocycles. The van der Waals surface area contributed by atoms with Gasteiger partial charge in [0.15, 0.2) is 6.10 Å². The predicted molar refractivity (Wildman–Crippen MR) is 73.2 cm³/mol. The Morgan fingerprint density at radius 2 is 2.17 bits per heavy atom. The number of rotatable bonds is 4. The molecule has 0 aliphatic carbocycles. The molecule has 2 atom stereocenters. The van der Waals surface area contributed by atoms with Gasteiger partial charge in [0.05, 0.1) is 0 Å². The minimum Gasteiger partial charge on any atom is -0.481 e. The number of halogens is 1. The summed E-state index contributed by atoms with van der Waals surface area (Å²) in [5.74, 6) is 0.669. The highest BCUT2D eigenvalue weighted by molar-refractivity contribution is 5.85. The fraction of sp³-hybridized carbons (Fsp3) is 0.462. The van der Waals surface area contributed by atoms with E-state index in [9.17, 15) is 4.79 Å². The first kappa shape index (κ1) is 14.8. The number of carbonyl (C=O) groups excluding carboxylic acids is 1. The largest absolute Gasteiger partial charge is 0.481 e. The van der Waals surface area contributed by atoms with Crippen LogP contribution in [-0.2, 0) is 4.79 Å². The highest BCUT2D eigenvalue weighted by Crippen LogP contribution is 2.11. The molecule has 1 aromatic rings. The summed E-state index contributed by atoms with van der Waals surface area (Å²) in [5, 5.41) is 6.18. The highest BCUT2D eigenvalue weighted by atomic mass is 35.5. The first-order valence-corrected chi connectivity index (χ1v) is 5.98.